The third kappa shape index (κ3) is 9.79. The van der Waals surface area contributed by atoms with Crippen molar-refractivity contribution in [1.29, 1.82) is 0 Å². The minimum absolute atomic E-state index is 0.0905. The predicted molar refractivity (Wildman–Crippen MR) is 198 cm³/mol. The van der Waals surface area contributed by atoms with Gasteiger partial charge in [-0.25, -0.2) is 0 Å². The number of esters is 1. The zero-order valence-electron chi connectivity index (χ0n) is 32.2. The Morgan fingerprint density at radius 3 is 1.89 bits per heavy atom. The van der Waals surface area contributed by atoms with Crippen LogP contribution in [0.5, 0.6) is 0 Å². The molecule has 0 aromatic carbocycles. The topological polar surface area (TPSA) is 26.3 Å². The van der Waals surface area contributed by atoms with E-state index in [2.05, 4.69) is 48.5 Å². The standard InChI is InChI=1S/C44H80O2/c1-8-9-10-11-12-13-14-15-16-17-18-19-20-21-42(45)46-37-28-30-43(6)36(32-37)24-25-38-40-27-26-39(44(40,7)31-29-41(38)43)35(5)23-22-34(4)33(2)3/h33-41H,8-32H2,1-7H3/t34-,35-,36+,37+,38+,39-,40+,41+,43+,44-/m1/s1. The molecule has 0 saturated heterocycles. The summed E-state index contributed by atoms with van der Waals surface area (Å²) in [6.07, 6.45) is 33.4. The van der Waals surface area contributed by atoms with Gasteiger partial charge in [-0.05, 0) is 122 Å². The van der Waals surface area contributed by atoms with Gasteiger partial charge in [-0.1, -0.05) is 138 Å². The molecule has 0 radical (unpaired) electrons. The summed E-state index contributed by atoms with van der Waals surface area (Å²) in [6.45, 7) is 17.6. The molecule has 0 spiro atoms. The van der Waals surface area contributed by atoms with Gasteiger partial charge in [-0.2, -0.15) is 0 Å². The Kier molecular flexibility index (Phi) is 15.4. The first-order valence-electron chi connectivity index (χ1n) is 21.3. The van der Waals surface area contributed by atoms with Crippen LogP contribution >= 0.6 is 0 Å². The number of fused-ring (bicyclic) bond motifs is 5. The molecule has 4 saturated carbocycles. The van der Waals surface area contributed by atoms with E-state index in [9.17, 15) is 4.79 Å². The first-order chi connectivity index (χ1) is 22.1. The molecule has 0 aromatic rings. The minimum Gasteiger partial charge on any atom is -0.462 e. The molecule has 2 nitrogen and oxygen atoms in total. The lowest BCUT2D eigenvalue weighted by molar-refractivity contribution is -0.162. The van der Waals surface area contributed by atoms with Crippen molar-refractivity contribution in [2.45, 2.75) is 215 Å². The van der Waals surface area contributed by atoms with E-state index in [1.165, 1.54) is 135 Å². The van der Waals surface area contributed by atoms with Gasteiger partial charge in [0.05, 0.1) is 0 Å². The van der Waals surface area contributed by atoms with Crippen LogP contribution in [0.25, 0.3) is 0 Å². The van der Waals surface area contributed by atoms with Gasteiger partial charge in [0.15, 0.2) is 0 Å². The van der Waals surface area contributed by atoms with Gasteiger partial charge in [0.25, 0.3) is 0 Å². The molecule has 4 rings (SSSR count). The van der Waals surface area contributed by atoms with Crippen LogP contribution in [0, 0.1) is 58.2 Å². The van der Waals surface area contributed by atoms with Gasteiger partial charge in [0.2, 0.25) is 0 Å². The van der Waals surface area contributed by atoms with Gasteiger partial charge in [0.1, 0.15) is 6.10 Å². The summed E-state index contributed by atoms with van der Waals surface area (Å²) in [5, 5.41) is 0. The Balaban J connectivity index is 1.13. The van der Waals surface area contributed by atoms with E-state index in [1.54, 1.807) is 0 Å². The number of carbonyl (C=O) groups is 1. The number of rotatable bonds is 20. The smallest absolute Gasteiger partial charge is 0.306 e. The van der Waals surface area contributed by atoms with Gasteiger partial charge < -0.3 is 4.74 Å². The monoisotopic (exact) mass is 641 g/mol. The number of hydrogen-bond donors (Lipinski definition) is 0. The summed E-state index contributed by atoms with van der Waals surface area (Å²) in [5.74, 6) is 7.14. The average Bonchev–Trinajstić information content (AvgIpc) is 3.39. The van der Waals surface area contributed by atoms with E-state index >= 15 is 0 Å². The van der Waals surface area contributed by atoms with Gasteiger partial charge in [-0.15, -0.1) is 0 Å². The quantitative estimate of drug-likeness (QED) is 0.0977. The van der Waals surface area contributed by atoms with E-state index in [0.29, 0.717) is 17.3 Å². The predicted octanol–water partition coefficient (Wildman–Crippen LogP) is 13.7. The molecule has 0 aliphatic heterocycles. The molecule has 46 heavy (non-hydrogen) atoms. The van der Waals surface area contributed by atoms with Crippen LogP contribution < -0.4 is 0 Å². The van der Waals surface area contributed by atoms with Crippen LogP contribution in [0.3, 0.4) is 0 Å². The second-order valence-electron chi connectivity index (χ2n) is 18.5. The van der Waals surface area contributed by atoms with Crippen LogP contribution in [-0.4, -0.2) is 12.1 Å². The molecule has 4 aliphatic rings. The normalized spacial score (nSPS) is 35.3. The largest absolute Gasteiger partial charge is 0.462 e. The Morgan fingerprint density at radius 2 is 1.26 bits per heavy atom. The maximum Gasteiger partial charge on any atom is 0.306 e. The van der Waals surface area contributed by atoms with Crippen molar-refractivity contribution in [1.82, 2.24) is 0 Å². The van der Waals surface area contributed by atoms with Gasteiger partial charge in [-0.3, -0.25) is 4.79 Å². The van der Waals surface area contributed by atoms with Crippen LogP contribution in [0.2, 0.25) is 0 Å². The van der Waals surface area contributed by atoms with Crippen molar-refractivity contribution in [2.75, 3.05) is 0 Å². The van der Waals surface area contributed by atoms with E-state index in [4.69, 9.17) is 4.74 Å². The van der Waals surface area contributed by atoms with Crippen molar-refractivity contribution in [3.05, 3.63) is 0 Å². The first-order valence-corrected chi connectivity index (χ1v) is 21.3. The third-order valence-corrected chi connectivity index (χ3v) is 15.4. The molecule has 2 heteroatoms. The average molecular weight is 641 g/mol. The lowest BCUT2D eigenvalue weighted by atomic mass is 9.44. The second kappa shape index (κ2) is 18.5. The van der Waals surface area contributed by atoms with Crippen molar-refractivity contribution >= 4 is 5.97 Å². The Bertz CT molecular complexity index is 879. The van der Waals surface area contributed by atoms with Crippen LogP contribution in [0.4, 0.5) is 0 Å². The molecule has 10 atom stereocenters. The second-order valence-corrected chi connectivity index (χ2v) is 18.5. The SMILES string of the molecule is CCCCCCCCCCCCCCCC(=O)O[C@H]1CC[C@@]2(C)[C@@H](CC[C@@H]3[C@@H]2CC[C@]2(C)[C@@H]([C@H](C)CC[C@@H](C)C(C)C)CC[C@@H]32)C1. The molecule has 0 bridgehead atoms. The fourth-order valence-electron chi connectivity index (χ4n) is 11.9. The number of unbranched alkanes of at least 4 members (excludes halogenated alkanes) is 12. The molecule has 0 unspecified atom stereocenters. The molecule has 0 aromatic heterocycles. The number of hydrogen-bond acceptors (Lipinski definition) is 2. The highest BCUT2D eigenvalue weighted by Crippen LogP contribution is 2.68. The summed E-state index contributed by atoms with van der Waals surface area (Å²) in [5.41, 5.74) is 1.05. The van der Waals surface area contributed by atoms with Gasteiger partial charge >= 0.3 is 5.97 Å². The summed E-state index contributed by atoms with van der Waals surface area (Å²) < 4.78 is 6.17. The molecule has 4 aliphatic carbocycles. The zero-order chi connectivity index (χ0) is 33.2. The van der Waals surface area contributed by atoms with E-state index in [-0.39, 0.29) is 12.1 Å². The third-order valence-electron chi connectivity index (χ3n) is 15.4. The van der Waals surface area contributed by atoms with E-state index < -0.39 is 0 Å². The van der Waals surface area contributed by atoms with Crippen molar-refractivity contribution in [3.8, 4) is 0 Å². The summed E-state index contributed by atoms with van der Waals surface area (Å²) in [4.78, 5) is 12.8. The molecule has 0 amide bonds. The molecule has 0 heterocycles. The molecular weight excluding hydrogens is 560 g/mol. The zero-order valence-corrected chi connectivity index (χ0v) is 32.2. The minimum atomic E-state index is 0.0905. The Hall–Kier alpha value is -0.530. The molecule has 268 valence electrons. The highest BCUT2D eigenvalue weighted by atomic mass is 16.5. The van der Waals surface area contributed by atoms with E-state index in [0.717, 1.165) is 66.6 Å². The Labute approximate surface area is 288 Å². The molecular formula is C44H80O2. The lowest BCUT2D eigenvalue weighted by Gasteiger charge is -2.61. The lowest BCUT2D eigenvalue weighted by Crippen LogP contribution is -2.54. The van der Waals surface area contributed by atoms with Crippen molar-refractivity contribution < 1.29 is 9.53 Å². The fourth-order valence-corrected chi connectivity index (χ4v) is 11.9. The molecule has 4 fully saturated rings. The van der Waals surface area contributed by atoms with Crippen molar-refractivity contribution in [3.63, 3.8) is 0 Å². The number of ether oxygens (including phenoxy) is 1. The maximum atomic E-state index is 12.8. The summed E-state index contributed by atoms with van der Waals surface area (Å²) >= 11 is 0. The summed E-state index contributed by atoms with van der Waals surface area (Å²) in [6, 6.07) is 0. The fraction of sp³-hybridized carbons (Fsp3) is 0.977. The van der Waals surface area contributed by atoms with Crippen LogP contribution in [0.15, 0.2) is 0 Å². The summed E-state index contributed by atoms with van der Waals surface area (Å²) in [7, 11) is 0. The Morgan fingerprint density at radius 1 is 0.674 bits per heavy atom. The van der Waals surface area contributed by atoms with E-state index in [1.807, 2.05) is 0 Å². The highest BCUT2D eigenvalue weighted by molar-refractivity contribution is 5.69. The maximum absolute atomic E-state index is 12.8. The molecule has 0 N–H and O–H groups in total. The van der Waals surface area contributed by atoms with Crippen LogP contribution in [0.1, 0.15) is 209 Å². The highest BCUT2D eigenvalue weighted by Gasteiger charge is 2.60. The van der Waals surface area contributed by atoms with Gasteiger partial charge in [0, 0.05) is 6.42 Å². The first kappa shape index (κ1) is 38.3. The van der Waals surface area contributed by atoms with Crippen molar-refractivity contribution in [2.24, 2.45) is 58.2 Å². The number of carbonyl (C=O) groups excluding carboxylic acids is 1. The van der Waals surface area contributed by atoms with Crippen LogP contribution in [-0.2, 0) is 9.53 Å².